The summed E-state index contributed by atoms with van der Waals surface area (Å²) >= 11 is 0. The van der Waals surface area contributed by atoms with Gasteiger partial charge in [0.25, 0.3) is 11.6 Å². The van der Waals surface area contributed by atoms with Crippen LogP contribution in [0.15, 0.2) is 18.2 Å². The van der Waals surface area contributed by atoms with E-state index < -0.39 is 10.8 Å². The summed E-state index contributed by atoms with van der Waals surface area (Å²) in [6.07, 6.45) is 0.655. The van der Waals surface area contributed by atoms with Gasteiger partial charge >= 0.3 is 0 Å². The van der Waals surface area contributed by atoms with Gasteiger partial charge in [-0.15, -0.1) is 0 Å². The van der Waals surface area contributed by atoms with Crippen LogP contribution in [0.2, 0.25) is 0 Å². The molecule has 1 aromatic carbocycles. The van der Waals surface area contributed by atoms with Crippen molar-refractivity contribution in [2.45, 2.75) is 19.4 Å². The summed E-state index contributed by atoms with van der Waals surface area (Å²) in [6.45, 7) is 2.22. The molecule has 0 saturated heterocycles. The minimum atomic E-state index is -0.605. The molecule has 0 fully saturated rings. The molecule has 0 aliphatic rings. The molecule has 1 aromatic rings. The molecule has 0 aromatic heterocycles. The number of hydrogen-bond donors (Lipinski definition) is 3. The van der Waals surface area contributed by atoms with E-state index in [-0.39, 0.29) is 17.3 Å². The van der Waals surface area contributed by atoms with Crippen molar-refractivity contribution < 1.29 is 14.5 Å². The molecular weight excluding hydrogens is 264 g/mol. The van der Waals surface area contributed by atoms with E-state index in [4.69, 9.17) is 10.6 Å². The fourth-order valence-electron chi connectivity index (χ4n) is 1.69. The van der Waals surface area contributed by atoms with Crippen LogP contribution in [-0.4, -0.2) is 30.6 Å². The van der Waals surface area contributed by atoms with Crippen LogP contribution < -0.4 is 16.6 Å². The van der Waals surface area contributed by atoms with E-state index in [0.29, 0.717) is 18.7 Å². The SMILES string of the molecule is CCC(COC)NC(=O)c1cc(NN)ccc1[N+](=O)[O-]. The Hall–Kier alpha value is -2.19. The van der Waals surface area contributed by atoms with E-state index in [9.17, 15) is 14.9 Å². The molecule has 0 saturated carbocycles. The van der Waals surface area contributed by atoms with Gasteiger partial charge in [-0.3, -0.25) is 20.8 Å². The monoisotopic (exact) mass is 282 g/mol. The second-order valence-electron chi connectivity index (χ2n) is 4.17. The van der Waals surface area contributed by atoms with Crippen molar-refractivity contribution in [3.8, 4) is 0 Å². The molecule has 0 aliphatic heterocycles. The van der Waals surface area contributed by atoms with Gasteiger partial charge in [-0.1, -0.05) is 6.92 Å². The van der Waals surface area contributed by atoms with E-state index >= 15 is 0 Å². The maximum Gasteiger partial charge on any atom is 0.282 e. The van der Waals surface area contributed by atoms with Crippen molar-refractivity contribution in [2.75, 3.05) is 19.1 Å². The first kappa shape index (κ1) is 15.9. The summed E-state index contributed by atoms with van der Waals surface area (Å²) in [6, 6.07) is 3.80. The summed E-state index contributed by atoms with van der Waals surface area (Å²) in [4.78, 5) is 22.5. The standard InChI is InChI=1S/C12H18N4O4/c1-3-8(7-20-2)14-12(17)10-6-9(15-13)4-5-11(10)16(18)19/h4-6,8,15H,3,7,13H2,1-2H3,(H,14,17). The first-order chi connectivity index (χ1) is 9.53. The zero-order valence-electron chi connectivity index (χ0n) is 11.4. The Balaban J connectivity index is 3.03. The fourth-order valence-corrected chi connectivity index (χ4v) is 1.69. The van der Waals surface area contributed by atoms with E-state index in [1.165, 1.54) is 25.3 Å². The Morgan fingerprint density at radius 1 is 1.55 bits per heavy atom. The highest BCUT2D eigenvalue weighted by Gasteiger charge is 2.22. The van der Waals surface area contributed by atoms with Crippen LogP contribution in [0.5, 0.6) is 0 Å². The van der Waals surface area contributed by atoms with Crippen LogP contribution in [0, 0.1) is 10.1 Å². The molecule has 20 heavy (non-hydrogen) atoms. The number of hydrazine groups is 1. The number of amides is 1. The smallest absolute Gasteiger partial charge is 0.282 e. The highest BCUT2D eigenvalue weighted by molar-refractivity contribution is 5.99. The summed E-state index contributed by atoms with van der Waals surface area (Å²) < 4.78 is 4.97. The number of methoxy groups -OCH3 is 1. The van der Waals surface area contributed by atoms with Crippen LogP contribution in [0.3, 0.4) is 0 Å². The fraction of sp³-hybridized carbons (Fsp3) is 0.417. The number of carbonyl (C=O) groups is 1. The number of nitrogen functional groups attached to an aromatic ring is 1. The normalized spacial score (nSPS) is 11.8. The molecule has 0 aliphatic carbocycles. The van der Waals surface area contributed by atoms with Gasteiger partial charge in [0, 0.05) is 18.9 Å². The number of ether oxygens (including phenoxy) is 1. The highest BCUT2D eigenvalue weighted by Crippen LogP contribution is 2.22. The maximum atomic E-state index is 12.1. The molecular formula is C12H18N4O4. The molecule has 0 spiro atoms. The molecule has 110 valence electrons. The molecule has 1 atom stereocenters. The predicted molar refractivity (Wildman–Crippen MR) is 74.3 cm³/mol. The molecule has 8 heteroatoms. The van der Waals surface area contributed by atoms with Gasteiger partial charge in [0.05, 0.1) is 17.6 Å². The number of carbonyl (C=O) groups excluding carboxylic acids is 1. The van der Waals surface area contributed by atoms with Crippen LogP contribution in [0.4, 0.5) is 11.4 Å². The number of nitro benzene ring substituents is 1. The lowest BCUT2D eigenvalue weighted by molar-refractivity contribution is -0.385. The molecule has 0 heterocycles. The van der Waals surface area contributed by atoms with Crippen LogP contribution in [-0.2, 0) is 4.74 Å². The van der Waals surface area contributed by atoms with Gasteiger partial charge in [0.2, 0.25) is 0 Å². The van der Waals surface area contributed by atoms with Crippen LogP contribution >= 0.6 is 0 Å². The Morgan fingerprint density at radius 3 is 2.75 bits per heavy atom. The van der Waals surface area contributed by atoms with Gasteiger partial charge in [-0.2, -0.15) is 0 Å². The molecule has 1 amide bonds. The second-order valence-corrected chi connectivity index (χ2v) is 4.17. The number of benzene rings is 1. The molecule has 4 N–H and O–H groups in total. The third-order valence-electron chi connectivity index (χ3n) is 2.80. The van der Waals surface area contributed by atoms with Crippen LogP contribution in [0.1, 0.15) is 23.7 Å². The van der Waals surface area contributed by atoms with Gasteiger partial charge in [-0.05, 0) is 18.6 Å². The second kappa shape index (κ2) is 7.41. The van der Waals surface area contributed by atoms with E-state index in [0.717, 1.165) is 0 Å². The van der Waals surface area contributed by atoms with Crippen molar-refractivity contribution >= 4 is 17.3 Å². The van der Waals surface area contributed by atoms with Gasteiger partial charge in [0.1, 0.15) is 5.56 Å². The van der Waals surface area contributed by atoms with E-state index in [1.54, 1.807) is 0 Å². The van der Waals surface area contributed by atoms with Gasteiger partial charge in [-0.25, -0.2) is 0 Å². The average Bonchev–Trinajstić information content (AvgIpc) is 2.45. The summed E-state index contributed by atoms with van der Waals surface area (Å²) in [7, 11) is 1.52. The zero-order valence-corrected chi connectivity index (χ0v) is 11.4. The maximum absolute atomic E-state index is 12.1. The topological polar surface area (TPSA) is 120 Å². The number of hydrogen-bond acceptors (Lipinski definition) is 6. The summed E-state index contributed by atoms with van der Waals surface area (Å²) in [5.74, 6) is 4.72. The Labute approximate surface area is 116 Å². The number of anilines is 1. The molecule has 1 rings (SSSR count). The minimum absolute atomic E-state index is 0.0417. The van der Waals surface area contributed by atoms with E-state index in [1.807, 2.05) is 6.92 Å². The van der Waals surface area contributed by atoms with Crippen molar-refractivity contribution in [3.05, 3.63) is 33.9 Å². The minimum Gasteiger partial charge on any atom is -0.383 e. The lowest BCUT2D eigenvalue weighted by atomic mass is 10.1. The number of nitrogens with two attached hydrogens (primary N) is 1. The number of nitro groups is 1. The quantitative estimate of drug-likeness (QED) is 0.390. The van der Waals surface area contributed by atoms with Crippen LogP contribution in [0.25, 0.3) is 0 Å². The van der Waals surface area contributed by atoms with Crippen molar-refractivity contribution in [1.82, 2.24) is 5.32 Å². The summed E-state index contributed by atoms with van der Waals surface area (Å²) in [5, 5.41) is 13.6. The Bertz CT molecular complexity index is 492. The highest BCUT2D eigenvalue weighted by atomic mass is 16.6. The number of nitrogens with zero attached hydrogens (tertiary/aromatic N) is 1. The van der Waals surface area contributed by atoms with Crippen molar-refractivity contribution in [3.63, 3.8) is 0 Å². The zero-order chi connectivity index (χ0) is 15.1. The Kier molecular flexibility index (Phi) is 5.88. The average molecular weight is 282 g/mol. The predicted octanol–water partition coefficient (Wildman–Crippen LogP) is 1.04. The number of rotatable bonds is 7. The Morgan fingerprint density at radius 2 is 2.25 bits per heavy atom. The van der Waals surface area contributed by atoms with Gasteiger partial charge < -0.3 is 15.5 Å². The third kappa shape index (κ3) is 3.90. The lowest BCUT2D eigenvalue weighted by Gasteiger charge is -2.16. The first-order valence-electron chi connectivity index (χ1n) is 6.08. The van der Waals surface area contributed by atoms with Crippen molar-refractivity contribution in [2.24, 2.45) is 5.84 Å². The lowest BCUT2D eigenvalue weighted by Crippen LogP contribution is -2.37. The molecule has 8 nitrogen and oxygen atoms in total. The first-order valence-corrected chi connectivity index (χ1v) is 6.08. The third-order valence-corrected chi connectivity index (χ3v) is 2.80. The van der Waals surface area contributed by atoms with E-state index in [2.05, 4.69) is 10.7 Å². The van der Waals surface area contributed by atoms with Crippen molar-refractivity contribution in [1.29, 1.82) is 0 Å². The molecule has 1 unspecified atom stereocenters. The number of nitrogens with one attached hydrogen (secondary N) is 2. The molecule has 0 radical (unpaired) electrons. The largest absolute Gasteiger partial charge is 0.383 e. The molecule has 0 bridgehead atoms. The van der Waals surface area contributed by atoms with Gasteiger partial charge in [0.15, 0.2) is 0 Å². The summed E-state index contributed by atoms with van der Waals surface area (Å²) in [5.41, 5.74) is 2.46.